The van der Waals surface area contributed by atoms with Crippen LogP contribution in [-0.4, -0.2) is 56.1 Å². The summed E-state index contributed by atoms with van der Waals surface area (Å²) >= 11 is 0. The number of hydrogen-bond acceptors (Lipinski definition) is 7. The molecule has 10 heteroatoms. The fourth-order valence-corrected chi connectivity index (χ4v) is 3.13. The Bertz CT molecular complexity index is 1030. The summed E-state index contributed by atoms with van der Waals surface area (Å²) in [5, 5.41) is 9.30. The molecule has 0 aliphatic rings. The Morgan fingerprint density at radius 2 is 1.94 bits per heavy atom. The molecule has 0 bridgehead atoms. The SMILES string of the molecule is COC(CO)CC(F)n1cnc2c(N(Cc3ccccc3)C(=O)OC(C)(C)C)ncnc21. The molecule has 9 nitrogen and oxygen atoms in total. The van der Waals surface area contributed by atoms with Crippen molar-refractivity contribution in [3.05, 3.63) is 48.5 Å². The molecule has 172 valence electrons. The number of hydrogen-bond donors (Lipinski definition) is 1. The van der Waals surface area contributed by atoms with Crippen molar-refractivity contribution in [2.24, 2.45) is 0 Å². The van der Waals surface area contributed by atoms with Crippen LogP contribution in [-0.2, 0) is 16.0 Å². The normalized spacial score (nSPS) is 13.7. The van der Waals surface area contributed by atoms with Crippen LogP contribution in [0.3, 0.4) is 0 Å². The molecular formula is C22H28FN5O4. The molecule has 1 aromatic carbocycles. The van der Waals surface area contributed by atoms with Crippen LogP contribution in [0.4, 0.5) is 15.0 Å². The van der Waals surface area contributed by atoms with Gasteiger partial charge in [0.2, 0.25) is 0 Å². The van der Waals surface area contributed by atoms with Gasteiger partial charge in [0.25, 0.3) is 0 Å². The number of fused-ring (bicyclic) bond motifs is 1. The van der Waals surface area contributed by atoms with E-state index in [1.165, 1.54) is 29.2 Å². The van der Waals surface area contributed by atoms with E-state index in [0.717, 1.165) is 5.56 Å². The molecule has 32 heavy (non-hydrogen) atoms. The van der Waals surface area contributed by atoms with Crippen molar-refractivity contribution >= 4 is 23.1 Å². The van der Waals surface area contributed by atoms with Gasteiger partial charge in [0.1, 0.15) is 11.9 Å². The number of benzene rings is 1. The standard InChI is InChI=1S/C22H28FN5O4/c1-22(2,3)32-21(30)27(11-15-8-6-5-7-9-15)19-18-20(25-13-24-19)28(14-26-18)17(23)10-16(12-29)31-4/h5-9,13-14,16-17,29H,10-12H2,1-4H3. The minimum Gasteiger partial charge on any atom is -0.443 e. The van der Waals surface area contributed by atoms with Gasteiger partial charge < -0.3 is 14.6 Å². The topological polar surface area (TPSA) is 103 Å². The minimum absolute atomic E-state index is 0.0857. The number of halogens is 1. The van der Waals surface area contributed by atoms with Gasteiger partial charge >= 0.3 is 6.09 Å². The number of alkyl halides is 1. The largest absolute Gasteiger partial charge is 0.443 e. The molecule has 3 aromatic rings. The van der Waals surface area contributed by atoms with Gasteiger partial charge in [-0.15, -0.1) is 0 Å². The summed E-state index contributed by atoms with van der Waals surface area (Å²) in [5.74, 6) is 0.213. The number of amides is 1. The predicted molar refractivity (Wildman–Crippen MR) is 117 cm³/mol. The van der Waals surface area contributed by atoms with Gasteiger partial charge in [-0.25, -0.2) is 24.1 Å². The summed E-state index contributed by atoms with van der Waals surface area (Å²) in [6.45, 7) is 5.20. The van der Waals surface area contributed by atoms with E-state index in [1.54, 1.807) is 20.8 Å². The first kappa shape index (κ1) is 23.6. The third-order valence-electron chi connectivity index (χ3n) is 4.69. The Morgan fingerprint density at radius 3 is 2.56 bits per heavy atom. The highest BCUT2D eigenvalue weighted by Gasteiger charge is 2.28. The zero-order chi connectivity index (χ0) is 23.3. The maximum absolute atomic E-state index is 14.9. The van der Waals surface area contributed by atoms with E-state index in [1.807, 2.05) is 30.3 Å². The molecule has 0 aliphatic heterocycles. The second kappa shape index (κ2) is 10.0. The first-order chi connectivity index (χ1) is 15.2. The number of aliphatic hydroxyl groups excluding tert-OH is 1. The van der Waals surface area contributed by atoms with Crippen LogP contribution in [0.25, 0.3) is 11.2 Å². The molecular weight excluding hydrogens is 417 g/mol. The lowest BCUT2D eigenvalue weighted by atomic mass is 10.2. The number of rotatable bonds is 8. The van der Waals surface area contributed by atoms with Gasteiger partial charge in [-0.1, -0.05) is 30.3 Å². The molecule has 0 aliphatic carbocycles. The Balaban J connectivity index is 2.00. The number of imidazole rings is 1. The van der Waals surface area contributed by atoms with Crippen LogP contribution >= 0.6 is 0 Å². The van der Waals surface area contributed by atoms with Crippen LogP contribution in [0.5, 0.6) is 0 Å². The third kappa shape index (κ3) is 5.57. The van der Waals surface area contributed by atoms with Crippen molar-refractivity contribution in [2.45, 2.75) is 51.7 Å². The first-order valence-corrected chi connectivity index (χ1v) is 10.2. The maximum Gasteiger partial charge on any atom is 0.416 e. The quantitative estimate of drug-likeness (QED) is 0.565. The van der Waals surface area contributed by atoms with Crippen molar-refractivity contribution in [1.29, 1.82) is 0 Å². The van der Waals surface area contributed by atoms with Crippen LogP contribution < -0.4 is 4.90 Å². The molecule has 2 atom stereocenters. The van der Waals surface area contributed by atoms with Gasteiger partial charge in [0, 0.05) is 13.5 Å². The predicted octanol–water partition coefficient (Wildman–Crippen LogP) is 3.63. The molecule has 0 saturated heterocycles. The van der Waals surface area contributed by atoms with E-state index >= 15 is 0 Å². The van der Waals surface area contributed by atoms with E-state index in [2.05, 4.69) is 15.0 Å². The van der Waals surface area contributed by atoms with Gasteiger partial charge in [-0.3, -0.25) is 9.47 Å². The smallest absolute Gasteiger partial charge is 0.416 e. The lowest BCUT2D eigenvalue weighted by Gasteiger charge is -2.27. The molecule has 3 rings (SSSR count). The number of carbonyl (C=O) groups is 1. The summed E-state index contributed by atoms with van der Waals surface area (Å²) in [6, 6.07) is 9.38. The molecule has 0 radical (unpaired) electrons. The molecule has 1 amide bonds. The summed E-state index contributed by atoms with van der Waals surface area (Å²) in [4.78, 5) is 27.2. The number of nitrogens with zero attached hydrogens (tertiary/aromatic N) is 5. The zero-order valence-corrected chi connectivity index (χ0v) is 18.6. The average Bonchev–Trinajstić information content (AvgIpc) is 3.20. The molecule has 2 aromatic heterocycles. The van der Waals surface area contributed by atoms with E-state index in [0.29, 0.717) is 0 Å². The number of anilines is 1. The molecule has 0 saturated carbocycles. The van der Waals surface area contributed by atoms with Crippen molar-refractivity contribution in [2.75, 3.05) is 18.6 Å². The van der Waals surface area contributed by atoms with Gasteiger partial charge in [0.05, 0.1) is 25.6 Å². The molecule has 2 unspecified atom stereocenters. The summed E-state index contributed by atoms with van der Waals surface area (Å²) < 4.78 is 26.8. The summed E-state index contributed by atoms with van der Waals surface area (Å²) in [7, 11) is 1.40. The highest BCUT2D eigenvalue weighted by atomic mass is 19.1. The van der Waals surface area contributed by atoms with Crippen molar-refractivity contribution in [1.82, 2.24) is 19.5 Å². The zero-order valence-electron chi connectivity index (χ0n) is 18.6. The number of carbonyl (C=O) groups excluding carboxylic acids is 1. The first-order valence-electron chi connectivity index (χ1n) is 10.2. The van der Waals surface area contributed by atoms with Crippen molar-refractivity contribution in [3.63, 3.8) is 0 Å². The second-order valence-corrected chi connectivity index (χ2v) is 8.28. The number of aromatic nitrogens is 4. The Hall–Kier alpha value is -3.11. The average molecular weight is 445 g/mol. The van der Waals surface area contributed by atoms with Crippen LogP contribution in [0.1, 0.15) is 39.1 Å². The van der Waals surface area contributed by atoms with Gasteiger partial charge in [0.15, 0.2) is 23.3 Å². The third-order valence-corrected chi connectivity index (χ3v) is 4.69. The molecule has 0 spiro atoms. The Kier molecular flexibility index (Phi) is 7.37. The van der Waals surface area contributed by atoms with Crippen LogP contribution in [0.15, 0.2) is 43.0 Å². The maximum atomic E-state index is 14.9. The second-order valence-electron chi connectivity index (χ2n) is 8.28. The van der Waals surface area contributed by atoms with Crippen molar-refractivity contribution in [3.8, 4) is 0 Å². The van der Waals surface area contributed by atoms with Crippen molar-refractivity contribution < 1.29 is 23.8 Å². The van der Waals surface area contributed by atoms with Crippen LogP contribution in [0, 0.1) is 0 Å². The van der Waals surface area contributed by atoms with E-state index in [4.69, 9.17) is 9.47 Å². The van der Waals surface area contributed by atoms with E-state index < -0.39 is 24.1 Å². The molecule has 1 N–H and O–H groups in total. The number of methoxy groups -OCH3 is 1. The van der Waals surface area contributed by atoms with E-state index in [9.17, 15) is 14.3 Å². The van der Waals surface area contributed by atoms with Gasteiger partial charge in [-0.2, -0.15) is 0 Å². The molecule has 2 heterocycles. The lowest BCUT2D eigenvalue weighted by Crippen LogP contribution is -2.37. The highest BCUT2D eigenvalue weighted by molar-refractivity contribution is 5.95. The number of ether oxygens (including phenoxy) is 2. The monoisotopic (exact) mass is 445 g/mol. The Labute approximate surface area is 185 Å². The fraction of sp³-hybridized carbons (Fsp3) is 0.455. The van der Waals surface area contributed by atoms with Gasteiger partial charge in [-0.05, 0) is 26.3 Å². The number of aliphatic hydroxyl groups is 1. The minimum atomic E-state index is -1.54. The fourth-order valence-electron chi connectivity index (χ4n) is 3.13. The lowest BCUT2D eigenvalue weighted by molar-refractivity contribution is 0.0152. The highest BCUT2D eigenvalue weighted by Crippen LogP contribution is 2.28. The Morgan fingerprint density at radius 1 is 1.22 bits per heavy atom. The summed E-state index contributed by atoms with van der Waals surface area (Å²) in [5.41, 5.74) is 0.617. The summed E-state index contributed by atoms with van der Waals surface area (Å²) in [6.07, 6.45) is -0.341. The van der Waals surface area contributed by atoms with E-state index in [-0.39, 0.29) is 36.6 Å². The van der Waals surface area contributed by atoms with Crippen LogP contribution in [0.2, 0.25) is 0 Å². The molecule has 0 fully saturated rings.